The molecule has 0 saturated carbocycles. The van der Waals surface area contributed by atoms with Crippen molar-refractivity contribution in [2.24, 2.45) is 21.8 Å². The first-order chi connectivity index (χ1) is 24.3. The summed E-state index contributed by atoms with van der Waals surface area (Å²) in [5.74, 6) is 3.29. The molecule has 0 fully saturated rings. The highest BCUT2D eigenvalue weighted by atomic mass is 15.2. The van der Waals surface area contributed by atoms with Gasteiger partial charge in [0, 0.05) is 34.7 Å². The van der Waals surface area contributed by atoms with E-state index in [4.69, 9.17) is 9.98 Å². The minimum atomic E-state index is -0.180. The average Bonchev–Trinajstić information content (AvgIpc) is 3.53. The lowest BCUT2D eigenvalue weighted by Gasteiger charge is -2.41. The van der Waals surface area contributed by atoms with Crippen LogP contribution in [0.1, 0.15) is 67.9 Å². The fourth-order valence-corrected chi connectivity index (χ4v) is 8.99. The average molecular weight is 641 g/mol. The zero-order valence-electron chi connectivity index (χ0n) is 28.0. The Bertz CT molecular complexity index is 1960. The van der Waals surface area contributed by atoms with E-state index in [9.17, 15) is 0 Å². The predicted molar refractivity (Wildman–Crippen MR) is 204 cm³/mol. The SMILES string of the molecule is C1=CCC(C2=NC(C3=C(N4c5ccccc5C5C=CC=CC54)CCC(C4=CC=CCC4c4ccccc4)C3)NC(C3=CCCC=C3)=N2)C=C1. The van der Waals surface area contributed by atoms with Crippen LogP contribution in [0.15, 0.2) is 172 Å². The molecule has 6 atom stereocenters. The van der Waals surface area contributed by atoms with Gasteiger partial charge in [-0.3, -0.25) is 0 Å². The molecule has 0 saturated heterocycles. The summed E-state index contributed by atoms with van der Waals surface area (Å²) in [6.45, 7) is 0. The van der Waals surface area contributed by atoms with E-state index in [0.29, 0.717) is 17.8 Å². The summed E-state index contributed by atoms with van der Waals surface area (Å²) in [4.78, 5) is 13.5. The largest absolute Gasteiger partial charge is 0.344 e. The third-order valence-corrected chi connectivity index (χ3v) is 11.4. The number of anilines is 1. The molecule has 5 aliphatic carbocycles. The summed E-state index contributed by atoms with van der Waals surface area (Å²) < 4.78 is 0. The zero-order valence-corrected chi connectivity index (χ0v) is 28.0. The van der Waals surface area contributed by atoms with E-state index in [-0.39, 0.29) is 18.1 Å². The van der Waals surface area contributed by atoms with Gasteiger partial charge in [-0.15, -0.1) is 0 Å². The molecule has 2 heterocycles. The Hall–Kier alpha value is -4.96. The smallest absolute Gasteiger partial charge is 0.145 e. The number of para-hydroxylation sites is 1. The molecular formula is C45H44N4. The molecule has 7 aliphatic rings. The van der Waals surface area contributed by atoms with Gasteiger partial charge < -0.3 is 10.2 Å². The number of aliphatic imine (C=N–C) groups is 2. The molecule has 0 amide bonds. The number of amidine groups is 2. The zero-order chi connectivity index (χ0) is 32.6. The number of benzene rings is 2. The first-order valence-corrected chi connectivity index (χ1v) is 18.3. The molecule has 2 aliphatic heterocycles. The van der Waals surface area contributed by atoms with E-state index < -0.39 is 0 Å². The third-order valence-electron chi connectivity index (χ3n) is 11.4. The Kier molecular flexibility index (Phi) is 8.09. The van der Waals surface area contributed by atoms with Crippen molar-refractivity contribution in [2.45, 2.75) is 69.0 Å². The normalized spacial score (nSPS) is 29.9. The van der Waals surface area contributed by atoms with Crippen LogP contribution in [0, 0.1) is 11.8 Å². The Morgan fingerprint density at radius 1 is 0.796 bits per heavy atom. The Morgan fingerprint density at radius 2 is 1.65 bits per heavy atom. The molecule has 0 aromatic heterocycles. The molecule has 2 aromatic rings. The van der Waals surface area contributed by atoms with Crippen molar-refractivity contribution in [2.75, 3.05) is 4.90 Å². The van der Waals surface area contributed by atoms with E-state index in [1.54, 1.807) is 5.57 Å². The van der Waals surface area contributed by atoms with Gasteiger partial charge in [-0.25, -0.2) is 9.98 Å². The van der Waals surface area contributed by atoms with Crippen LogP contribution in [0.3, 0.4) is 0 Å². The molecular weight excluding hydrogens is 597 g/mol. The van der Waals surface area contributed by atoms with E-state index in [1.807, 2.05) is 0 Å². The number of rotatable bonds is 6. The van der Waals surface area contributed by atoms with Crippen LogP contribution in [0.2, 0.25) is 0 Å². The summed E-state index contributed by atoms with van der Waals surface area (Å²) in [5, 5.41) is 3.93. The van der Waals surface area contributed by atoms with Gasteiger partial charge in [0.05, 0.1) is 6.04 Å². The second kappa shape index (κ2) is 13.2. The highest BCUT2D eigenvalue weighted by molar-refractivity contribution is 6.10. The first-order valence-electron chi connectivity index (χ1n) is 18.3. The Balaban J connectivity index is 1.17. The first kappa shape index (κ1) is 30.1. The molecule has 0 radical (unpaired) electrons. The lowest BCUT2D eigenvalue weighted by molar-refractivity contribution is 0.452. The van der Waals surface area contributed by atoms with Crippen LogP contribution in [0.4, 0.5) is 5.69 Å². The van der Waals surface area contributed by atoms with Gasteiger partial charge in [0.2, 0.25) is 0 Å². The van der Waals surface area contributed by atoms with Crippen LogP contribution >= 0.6 is 0 Å². The molecule has 2 aromatic carbocycles. The molecule has 4 nitrogen and oxygen atoms in total. The van der Waals surface area contributed by atoms with Crippen LogP contribution in [0.5, 0.6) is 0 Å². The summed E-state index contributed by atoms with van der Waals surface area (Å²) in [5.41, 5.74) is 9.79. The summed E-state index contributed by atoms with van der Waals surface area (Å²) in [6.07, 6.45) is 39.1. The van der Waals surface area contributed by atoms with Crippen LogP contribution in [-0.2, 0) is 0 Å². The highest BCUT2D eigenvalue weighted by Crippen LogP contribution is 2.51. The summed E-state index contributed by atoms with van der Waals surface area (Å²) >= 11 is 0. The molecule has 49 heavy (non-hydrogen) atoms. The molecule has 0 bridgehead atoms. The third kappa shape index (κ3) is 5.67. The standard InChI is InChI=1S/C45H44N4/c1-4-16-31(17-5-1)35-22-10-11-23-36(35)34-28-29-42(49-40-26-14-12-24-37(40)38-25-13-15-27-41(38)49)39(30-34)45-47-43(32-18-6-2-7-19-32)46-44(48-45)33-20-8-3-9-21-33/h1-2,4-8,10-18,20-21,23-27,32,34-35,37,40,45H,3,9,19,22,28-30H2,(H,46,47,48). The van der Waals surface area contributed by atoms with Crippen molar-refractivity contribution >= 4 is 17.4 Å². The van der Waals surface area contributed by atoms with Crippen molar-refractivity contribution in [1.29, 1.82) is 0 Å². The summed E-state index contributed by atoms with van der Waals surface area (Å²) in [7, 11) is 0. The Labute approximate surface area is 290 Å². The highest BCUT2D eigenvalue weighted by Gasteiger charge is 2.42. The number of fused-ring (bicyclic) bond motifs is 3. The number of nitrogens with zero attached hydrogens (tertiary/aromatic N) is 3. The van der Waals surface area contributed by atoms with Crippen molar-refractivity contribution in [3.8, 4) is 0 Å². The van der Waals surface area contributed by atoms with E-state index in [1.165, 1.54) is 33.7 Å². The van der Waals surface area contributed by atoms with Crippen LogP contribution in [-0.4, -0.2) is 23.9 Å². The maximum Gasteiger partial charge on any atom is 0.145 e. The monoisotopic (exact) mass is 640 g/mol. The molecule has 244 valence electrons. The van der Waals surface area contributed by atoms with Crippen LogP contribution in [0.25, 0.3) is 0 Å². The van der Waals surface area contributed by atoms with Gasteiger partial charge >= 0.3 is 0 Å². The summed E-state index contributed by atoms with van der Waals surface area (Å²) in [6, 6.07) is 20.5. The van der Waals surface area contributed by atoms with Gasteiger partial charge in [-0.2, -0.15) is 0 Å². The number of nitrogens with one attached hydrogen (secondary N) is 1. The fourth-order valence-electron chi connectivity index (χ4n) is 8.99. The molecule has 4 heteroatoms. The quantitative estimate of drug-likeness (QED) is 0.341. The van der Waals surface area contributed by atoms with Gasteiger partial charge in [-0.1, -0.05) is 139 Å². The lowest BCUT2D eigenvalue weighted by Crippen LogP contribution is -2.45. The number of allylic oxidation sites excluding steroid dienone is 12. The van der Waals surface area contributed by atoms with Crippen molar-refractivity contribution in [3.05, 3.63) is 173 Å². The van der Waals surface area contributed by atoms with E-state index >= 15 is 0 Å². The lowest BCUT2D eigenvalue weighted by atomic mass is 9.72. The van der Waals surface area contributed by atoms with Gasteiger partial charge in [-0.05, 0) is 73.6 Å². The van der Waals surface area contributed by atoms with Gasteiger partial charge in [0.25, 0.3) is 0 Å². The molecule has 0 spiro atoms. The van der Waals surface area contributed by atoms with E-state index in [2.05, 4.69) is 150 Å². The molecule has 1 N–H and O–H groups in total. The minimum Gasteiger partial charge on any atom is -0.344 e. The molecule has 6 unspecified atom stereocenters. The van der Waals surface area contributed by atoms with E-state index in [0.717, 1.165) is 56.6 Å². The second-order valence-corrected chi connectivity index (χ2v) is 14.2. The molecule has 9 rings (SSSR count). The Morgan fingerprint density at radius 3 is 2.53 bits per heavy atom. The fraction of sp³-hybridized carbons (Fsp3) is 0.289. The topological polar surface area (TPSA) is 40.0 Å². The van der Waals surface area contributed by atoms with Crippen molar-refractivity contribution in [3.63, 3.8) is 0 Å². The number of hydrogen-bond acceptors (Lipinski definition) is 4. The maximum atomic E-state index is 5.54. The van der Waals surface area contributed by atoms with Crippen molar-refractivity contribution in [1.82, 2.24) is 5.32 Å². The van der Waals surface area contributed by atoms with Crippen LogP contribution < -0.4 is 10.2 Å². The second-order valence-electron chi connectivity index (χ2n) is 14.2. The van der Waals surface area contributed by atoms with Crippen molar-refractivity contribution < 1.29 is 0 Å². The minimum absolute atomic E-state index is 0.179. The van der Waals surface area contributed by atoms with Gasteiger partial charge in [0.1, 0.15) is 17.8 Å². The van der Waals surface area contributed by atoms with Gasteiger partial charge in [0.15, 0.2) is 0 Å². The maximum absolute atomic E-state index is 5.54. The number of hydrogen-bond donors (Lipinski definition) is 1. The predicted octanol–water partition coefficient (Wildman–Crippen LogP) is 9.94.